The van der Waals surface area contributed by atoms with Crippen LogP contribution < -0.4 is 15.0 Å². The third kappa shape index (κ3) is 9.43. The van der Waals surface area contributed by atoms with Crippen LogP contribution in [0.2, 0.25) is 5.02 Å². The van der Waals surface area contributed by atoms with Crippen molar-refractivity contribution in [1.29, 1.82) is 0 Å². The lowest BCUT2D eigenvalue weighted by molar-refractivity contribution is -0.870. The molecule has 1 aliphatic rings. The molecular weight excluding hydrogens is 642 g/mol. The number of aromatic nitrogens is 2. The number of thioether (sulfide) groups is 1. The molecule has 2 heterocycles. The lowest BCUT2D eigenvalue weighted by Gasteiger charge is -2.30. The number of amides is 2. The second-order valence-electron chi connectivity index (χ2n) is 13.5. The molecule has 5 rings (SSSR count). The van der Waals surface area contributed by atoms with Crippen molar-refractivity contribution < 1.29 is 18.8 Å². The van der Waals surface area contributed by atoms with Crippen LogP contribution in [0.25, 0.3) is 11.1 Å². The fraction of sp³-hybridized carbons (Fsp3) is 0.395. The number of quaternary nitrogens is 1. The lowest BCUT2D eigenvalue weighted by atomic mass is 10.1. The monoisotopic (exact) mass is 688 g/mol. The fourth-order valence-corrected chi connectivity index (χ4v) is 7.17. The SMILES string of the molecule is Cc1c(Cl)cccc1OCCCC(=O)N1CCSc2c(-c3cnn(Cc4cccc(C(=O)N[C@H](C)CCC[N+](C)(C)C)c4)c3)cccc21. The Bertz CT molecular complexity index is 1730. The molecular formula is C38H47ClN5O3S+. The van der Waals surface area contributed by atoms with E-state index in [0.717, 1.165) is 68.2 Å². The minimum Gasteiger partial charge on any atom is -0.493 e. The zero-order chi connectivity index (χ0) is 34.3. The number of carbonyl (C=O) groups excluding carboxylic acids is 2. The summed E-state index contributed by atoms with van der Waals surface area (Å²) in [5, 5.41) is 8.49. The lowest BCUT2D eigenvalue weighted by Crippen LogP contribution is -2.37. The first kappa shape index (κ1) is 35.5. The third-order valence-electron chi connectivity index (χ3n) is 8.48. The van der Waals surface area contributed by atoms with Crippen molar-refractivity contribution in [2.24, 2.45) is 0 Å². The molecule has 1 N–H and O–H groups in total. The second-order valence-corrected chi connectivity index (χ2v) is 15.0. The zero-order valence-corrected chi connectivity index (χ0v) is 30.2. The highest BCUT2D eigenvalue weighted by Gasteiger charge is 2.25. The minimum atomic E-state index is -0.0495. The van der Waals surface area contributed by atoms with E-state index in [9.17, 15) is 9.59 Å². The van der Waals surface area contributed by atoms with Crippen molar-refractivity contribution in [2.45, 2.75) is 57.0 Å². The van der Waals surface area contributed by atoms with E-state index < -0.39 is 0 Å². The number of benzene rings is 3. The molecule has 48 heavy (non-hydrogen) atoms. The fourth-order valence-electron chi connectivity index (χ4n) is 5.86. The van der Waals surface area contributed by atoms with Gasteiger partial charge in [-0.15, -0.1) is 11.8 Å². The molecule has 8 nitrogen and oxygen atoms in total. The van der Waals surface area contributed by atoms with E-state index in [4.69, 9.17) is 16.3 Å². The van der Waals surface area contributed by atoms with Crippen molar-refractivity contribution in [2.75, 3.05) is 51.5 Å². The maximum Gasteiger partial charge on any atom is 0.251 e. The molecule has 0 aliphatic carbocycles. The molecule has 0 radical (unpaired) electrons. The summed E-state index contributed by atoms with van der Waals surface area (Å²) >= 11 is 7.99. The summed E-state index contributed by atoms with van der Waals surface area (Å²) in [5.74, 6) is 1.63. The number of nitrogens with zero attached hydrogens (tertiary/aromatic N) is 4. The summed E-state index contributed by atoms with van der Waals surface area (Å²) in [4.78, 5) is 29.4. The Balaban J connectivity index is 1.19. The molecule has 0 saturated heterocycles. The quantitative estimate of drug-likeness (QED) is 0.110. The van der Waals surface area contributed by atoms with E-state index in [1.165, 1.54) is 0 Å². The number of fused-ring (bicyclic) bond motifs is 1. The molecule has 0 fully saturated rings. The number of hydrogen-bond donors (Lipinski definition) is 1. The first-order valence-electron chi connectivity index (χ1n) is 16.7. The summed E-state index contributed by atoms with van der Waals surface area (Å²) < 4.78 is 8.73. The van der Waals surface area contributed by atoms with Crippen molar-refractivity contribution in [3.63, 3.8) is 0 Å². The molecule has 0 saturated carbocycles. The van der Waals surface area contributed by atoms with E-state index in [2.05, 4.69) is 44.5 Å². The van der Waals surface area contributed by atoms with Crippen LogP contribution in [0.5, 0.6) is 5.75 Å². The standard InChI is InChI=1S/C38H46ClN5O3S/c1-27(11-9-20-44(3,4)5)41-38(46)30-13-6-12-29(23-30)25-42-26-31(24-40-42)32-14-7-16-34-37(32)48-22-19-43(34)36(45)18-10-21-47-35-17-8-15-33(39)28(35)2/h6-8,12-17,23-24,26-27H,9-11,18-22,25H2,1-5H3/p+1/t27-/m1/s1. The Morgan fingerprint density at radius 1 is 1.08 bits per heavy atom. The van der Waals surface area contributed by atoms with Crippen molar-refractivity contribution in [1.82, 2.24) is 15.1 Å². The number of rotatable bonds is 14. The Kier molecular flexibility index (Phi) is 11.9. The molecule has 1 atom stereocenters. The summed E-state index contributed by atoms with van der Waals surface area (Å²) in [6, 6.07) is 19.6. The van der Waals surface area contributed by atoms with Crippen LogP contribution in [0.4, 0.5) is 5.69 Å². The van der Waals surface area contributed by atoms with Gasteiger partial charge in [-0.1, -0.05) is 41.9 Å². The molecule has 3 aromatic carbocycles. The average Bonchev–Trinajstić information content (AvgIpc) is 3.51. The van der Waals surface area contributed by atoms with Crippen molar-refractivity contribution in [3.05, 3.63) is 94.8 Å². The number of ether oxygens (including phenoxy) is 1. The van der Waals surface area contributed by atoms with E-state index in [-0.39, 0.29) is 17.9 Å². The average molecular weight is 689 g/mol. The number of halogens is 1. The van der Waals surface area contributed by atoms with Crippen molar-refractivity contribution in [3.8, 4) is 16.9 Å². The van der Waals surface area contributed by atoms with E-state index in [1.54, 1.807) is 11.8 Å². The van der Waals surface area contributed by atoms with Crippen molar-refractivity contribution >= 4 is 40.9 Å². The van der Waals surface area contributed by atoms with Crippen LogP contribution in [-0.4, -0.2) is 78.7 Å². The highest BCUT2D eigenvalue weighted by Crippen LogP contribution is 2.42. The summed E-state index contributed by atoms with van der Waals surface area (Å²) in [5.41, 5.74) is 5.57. The Hall–Kier alpha value is -3.79. The van der Waals surface area contributed by atoms with Crippen LogP contribution in [0.3, 0.4) is 0 Å². The zero-order valence-electron chi connectivity index (χ0n) is 28.7. The van der Waals surface area contributed by atoms with E-state index in [0.29, 0.717) is 43.1 Å². The van der Waals surface area contributed by atoms with Gasteiger partial charge >= 0.3 is 0 Å². The topological polar surface area (TPSA) is 76.5 Å². The van der Waals surface area contributed by atoms with Gasteiger partial charge in [-0.05, 0) is 69.0 Å². The van der Waals surface area contributed by atoms with Crippen LogP contribution in [-0.2, 0) is 11.3 Å². The van der Waals surface area contributed by atoms with Gasteiger partial charge in [0, 0.05) is 63.1 Å². The highest BCUT2D eigenvalue weighted by atomic mass is 35.5. The number of carbonyl (C=O) groups is 2. The summed E-state index contributed by atoms with van der Waals surface area (Å²) in [6.45, 7) is 6.74. The molecule has 254 valence electrons. The highest BCUT2D eigenvalue weighted by molar-refractivity contribution is 7.99. The van der Waals surface area contributed by atoms with Gasteiger partial charge in [0.05, 0.1) is 52.7 Å². The van der Waals surface area contributed by atoms with Gasteiger partial charge in [-0.2, -0.15) is 5.10 Å². The molecule has 0 unspecified atom stereocenters. The smallest absolute Gasteiger partial charge is 0.251 e. The minimum absolute atomic E-state index is 0.0495. The summed E-state index contributed by atoms with van der Waals surface area (Å²) in [6.07, 6.45) is 6.94. The van der Waals surface area contributed by atoms with Gasteiger partial charge in [-0.25, -0.2) is 0 Å². The van der Waals surface area contributed by atoms with Gasteiger partial charge in [0.15, 0.2) is 0 Å². The summed E-state index contributed by atoms with van der Waals surface area (Å²) in [7, 11) is 6.56. The molecule has 1 aliphatic heterocycles. The Morgan fingerprint density at radius 2 is 1.88 bits per heavy atom. The largest absolute Gasteiger partial charge is 0.493 e. The van der Waals surface area contributed by atoms with E-state index in [1.807, 2.05) is 83.5 Å². The molecule has 4 aromatic rings. The molecule has 2 amide bonds. The first-order chi connectivity index (χ1) is 23.0. The van der Waals surface area contributed by atoms with Gasteiger partial charge < -0.3 is 19.4 Å². The predicted octanol–water partition coefficient (Wildman–Crippen LogP) is 7.46. The first-order valence-corrected chi connectivity index (χ1v) is 18.0. The number of anilines is 1. The Morgan fingerprint density at radius 3 is 2.69 bits per heavy atom. The number of nitrogens with one attached hydrogen (secondary N) is 1. The normalized spacial score (nSPS) is 13.6. The van der Waals surface area contributed by atoms with Gasteiger partial charge in [0.25, 0.3) is 5.91 Å². The molecule has 10 heteroatoms. The van der Waals surface area contributed by atoms with E-state index >= 15 is 0 Å². The van der Waals surface area contributed by atoms with Crippen LogP contribution >= 0.6 is 23.4 Å². The van der Waals surface area contributed by atoms with Crippen LogP contribution in [0.15, 0.2) is 78.0 Å². The van der Waals surface area contributed by atoms with Crippen LogP contribution in [0, 0.1) is 6.92 Å². The second kappa shape index (κ2) is 16.1. The predicted molar refractivity (Wildman–Crippen MR) is 196 cm³/mol. The molecule has 0 bridgehead atoms. The maximum atomic E-state index is 13.4. The Labute approximate surface area is 294 Å². The molecule has 0 spiro atoms. The molecule has 1 aromatic heterocycles. The van der Waals surface area contributed by atoms with Crippen LogP contribution in [0.1, 0.15) is 54.1 Å². The maximum absolute atomic E-state index is 13.4. The number of hydrogen-bond acceptors (Lipinski definition) is 5. The third-order valence-corrected chi connectivity index (χ3v) is 9.99. The van der Waals surface area contributed by atoms with Gasteiger partial charge in [0.2, 0.25) is 5.91 Å². The van der Waals surface area contributed by atoms with Gasteiger partial charge in [-0.3, -0.25) is 14.3 Å². The van der Waals surface area contributed by atoms with Gasteiger partial charge in [0.1, 0.15) is 5.75 Å².